The first-order chi connectivity index (χ1) is 27.6. The molecule has 0 saturated carbocycles. The van der Waals surface area contributed by atoms with Crippen molar-refractivity contribution < 1.29 is 38.9 Å². The second-order valence-electron chi connectivity index (χ2n) is 22.8. The molecule has 2 fully saturated rings. The van der Waals surface area contributed by atoms with E-state index in [1.165, 1.54) is 0 Å². The third-order valence-electron chi connectivity index (χ3n) is 13.1. The lowest BCUT2D eigenvalue weighted by atomic mass is 9.73. The van der Waals surface area contributed by atoms with E-state index in [2.05, 4.69) is 0 Å². The summed E-state index contributed by atoms with van der Waals surface area (Å²) < 4.78 is 13.3. The van der Waals surface area contributed by atoms with Gasteiger partial charge in [0.25, 0.3) is 0 Å². The monoisotopic (exact) mass is 847 g/mol. The molecule has 0 aliphatic carbocycles. The van der Waals surface area contributed by atoms with Gasteiger partial charge < -0.3 is 29.5 Å². The lowest BCUT2D eigenvalue weighted by Gasteiger charge is -2.55. The molecule has 10 heteroatoms. The minimum absolute atomic E-state index is 0.0185. The molecule has 2 aliphatic heterocycles. The fourth-order valence-corrected chi connectivity index (χ4v) is 10.9. The van der Waals surface area contributed by atoms with E-state index in [4.69, 9.17) is 9.47 Å². The minimum atomic E-state index is -1.94. The summed E-state index contributed by atoms with van der Waals surface area (Å²) in [6, 6.07) is 7.40. The number of carbonyl (C=O) groups is 4. The van der Waals surface area contributed by atoms with Crippen molar-refractivity contribution >= 4 is 23.8 Å². The van der Waals surface area contributed by atoms with Crippen LogP contribution in [0.15, 0.2) is 24.3 Å². The van der Waals surface area contributed by atoms with Crippen LogP contribution in [0.5, 0.6) is 11.5 Å². The fourth-order valence-electron chi connectivity index (χ4n) is 10.9. The molecule has 2 heterocycles. The summed E-state index contributed by atoms with van der Waals surface area (Å²) in [7, 11) is 0. The normalized spacial score (nSPS) is 19.4. The number of ether oxygens (including phenoxy) is 2. The topological polar surface area (TPSA) is 134 Å². The molecular formula is C51H78N2O8. The standard InChI is InChI=1S/C51H78N2O8/c1-19-39(54)52-47(11,12)27-35(28-48(52,13)14)60-43(58)51(25-33-21-31(3)41(56)37(23-33)45(5,6)7,26-34-22-32(4)42(57)38(24-34)46(8,9)10)44(59)61-36-29-49(15,16)53(40(55)20-2)50(17,18)30-36/h21-24,35-36,56-57H,19-20,25-30H2,1-18H3. The Bertz CT molecular complexity index is 1830. The van der Waals surface area contributed by atoms with Gasteiger partial charge in [-0.25, -0.2) is 0 Å². The van der Waals surface area contributed by atoms with Gasteiger partial charge in [-0.15, -0.1) is 0 Å². The fraction of sp³-hybridized carbons (Fsp3) is 0.686. The molecule has 10 nitrogen and oxygen atoms in total. The number of esters is 2. The van der Waals surface area contributed by atoms with Crippen LogP contribution in [0.4, 0.5) is 0 Å². The molecule has 61 heavy (non-hydrogen) atoms. The number of benzene rings is 2. The number of hydrogen-bond donors (Lipinski definition) is 2. The number of amides is 2. The molecule has 2 N–H and O–H groups in total. The lowest BCUT2D eigenvalue weighted by molar-refractivity contribution is -0.189. The van der Waals surface area contributed by atoms with Crippen molar-refractivity contribution in [3.63, 3.8) is 0 Å². The van der Waals surface area contributed by atoms with Gasteiger partial charge in [-0.3, -0.25) is 19.2 Å². The van der Waals surface area contributed by atoms with Crippen molar-refractivity contribution in [2.24, 2.45) is 5.41 Å². The molecule has 0 aromatic heterocycles. The van der Waals surface area contributed by atoms with Crippen LogP contribution >= 0.6 is 0 Å². The predicted molar refractivity (Wildman–Crippen MR) is 242 cm³/mol. The van der Waals surface area contributed by atoms with Crippen molar-refractivity contribution in [2.45, 2.75) is 221 Å². The smallest absolute Gasteiger partial charge is 0.324 e. The number of aromatic hydroxyl groups is 2. The summed E-state index contributed by atoms with van der Waals surface area (Å²) >= 11 is 0. The number of nitrogens with zero attached hydrogens (tertiary/aromatic N) is 2. The molecule has 2 aromatic carbocycles. The third-order valence-corrected chi connectivity index (χ3v) is 13.1. The summed E-state index contributed by atoms with van der Waals surface area (Å²) in [6.45, 7) is 35.3. The van der Waals surface area contributed by atoms with Crippen LogP contribution in [0, 0.1) is 19.3 Å². The molecule has 340 valence electrons. The summed E-state index contributed by atoms with van der Waals surface area (Å²) in [4.78, 5) is 61.8. The molecule has 2 aliphatic rings. The average molecular weight is 847 g/mol. The summed E-state index contributed by atoms with van der Waals surface area (Å²) in [5.74, 6) is -1.10. The molecule has 2 saturated heterocycles. The van der Waals surface area contributed by atoms with Gasteiger partial charge in [0.2, 0.25) is 11.8 Å². The van der Waals surface area contributed by atoms with E-state index in [0.29, 0.717) is 71.9 Å². The number of rotatable bonds is 10. The maximum absolute atomic E-state index is 15.7. The number of carbonyl (C=O) groups excluding carboxylic acids is 4. The number of phenolic OH excluding ortho intramolecular Hbond substituents is 2. The Kier molecular flexibility index (Phi) is 13.7. The third kappa shape index (κ3) is 10.3. The van der Waals surface area contributed by atoms with Gasteiger partial charge in [-0.2, -0.15) is 0 Å². The highest BCUT2D eigenvalue weighted by Crippen LogP contribution is 2.46. The van der Waals surface area contributed by atoms with Crippen molar-refractivity contribution in [3.8, 4) is 11.5 Å². The van der Waals surface area contributed by atoms with Gasteiger partial charge in [-0.1, -0.05) is 79.7 Å². The van der Waals surface area contributed by atoms with Crippen molar-refractivity contribution in [3.05, 3.63) is 57.6 Å². The Morgan fingerprint density at radius 2 is 0.852 bits per heavy atom. The Morgan fingerprint density at radius 1 is 0.574 bits per heavy atom. The first-order valence-corrected chi connectivity index (χ1v) is 22.4. The highest BCUT2D eigenvalue weighted by molar-refractivity contribution is 6.01. The number of hydrogen-bond acceptors (Lipinski definition) is 8. The Balaban J connectivity index is 1.99. The van der Waals surface area contributed by atoms with Gasteiger partial charge in [-0.05, 0) is 126 Å². The number of phenols is 2. The van der Waals surface area contributed by atoms with Crippen LogP contribution in [0.2, 0.25) is 0 Å². The Morgan fingerprint density at radius 3 is 1.10 bits per heavy atom. The predicted octanol–water partition coefficient (Wildman–Crippen LogP) is 10.1. The van der Waals surface area contributed by atoms with Gasteiger partial charge >= 0.3 is 11.9 Å². The average Bonchev–Trinajstić information content (AvgIpc) is 3.07. The van der Waals surface area contributed by atoms with Crippen LogP contribution in [0.25, 0.3) is 0 Å². The highest BCUT2D eigenvalue weighted by Gasteiger charge is 2.56. The number of likely N-dealkylation sites (tertiary alicyclic amines) is 2. The van der Waals surface area contributed by atoms with Crippen LogP contribution in [-0.4, -0.2) is 78.1 Å². The largest absolute Gasteiger partial charge is 0.507 e. The first kappa shape index (κ1) is 49.6. The number of aryl methyl sites for hydroxylation is 2. The molecule has 4 rings (SSSR count). The quantitative estimate of drug-likeness (QED) is 0.178. The molecule has 2 amide bonds. The highest BCUT2D eigenvalue weighted by atomic mass is 16.6. The van der Waals surface area contributed by atoms with Gasteiger partial charge in [0.15, 0.2) is 5.41 Å². The van der Waals surface area contributed by atoms with Crippen LogP contribution < -0.4 is 0 Å². The molecule has 0 spiro atoms. The summed E-state index contributed by atoms with van der Waals surface area (Å²) in [6.07, 6.45) is 0.686. The van der Waals surface area contributed by atoms with E-state index in [-0.39, 0.29) is 36.2 Å². The molecular weight excluding hydrogens is 769 g/mol. The van der Waals surface area contributed by atoms with Crippen molar-refractivity contribution in [2.75, 3.05) is 0 Å². The van der Waals surface area contributed by atoms with E-state index in [1.807, 2.05) is 159 Å². The SMILES string of the molecule is CCC(=O)N1C(C)(C)CC(OC(=O)C(Cc2cc(C)c(O)c(C(C)(C)C)c2)(Cc2cc(C)c(O)c(C(C)(C)C)c2)C(=O)OC2CC(C)(C)N(C(=O)CC)C(C)(C)C2)CC1(C)C. The Labute approximate surface area is 367 Å². The maximum Gasteiger partial charge on any atom is 0.324 e. The van der Waals surface area contributed by atoms with Crippen molar-refractivity contribution in [1.29, 1.82) is 0 Å². The second-order valence-corrected chi connectivity index (χ2v) is 22.8. The van der Waals surface area contributed by atoms with Gasteiger partial charge in [0.05, 0.1) is 0 Å². The zero-order valence-corrected chi connectivity index (χ0v) is 40.9. The van der Waals surface area contributed by atoms with E-state index in [0.717, 1.165) is 0 Å². The molecule has 2 aromatic rings. The lowest BCUT2D eigenvalue weighted by Crippen LogP contribution is -2.65. The summed E-state index contributed by atoms with van der Waals surface area (Å²) in [5, 5.41) is 22.6. The molecule has 0 atom stereocenters. The van der Waals surface area contributed by atoms with E-state index < -0.39 is 62.5 Å². The van der Waals surface area contributed by atoms with Gasteiger partial charge in [0.1, 0.15) is 23.7 Å². The summed E-state index contributed by atoms with van der Waals surface area (Å²) in [5.41, 5.74) is -1.59. The number of piperidine rings is 2. The van der Waals surface area contributed by atoms with E-state index in [9.17, 15) is 19.8 Å². The van der Waals surface area contributed by atoms with Crippen molar-refractivity contribution in [1.82, 2.24) is 9.80 Å². The molecule has 0 radical (unpaired) electrons. The zero-order chi connectivity index (χ0) is 46.6. The van der Waals surface area contributed by atoms with Crippen LogP contribution in [0.1, 0.15) is 183 Å². The minimum Gasteiger partial charge on any atom is -0.507 e. The van der Waals surface area contributed by atoms with Crippen LogP contribution in [-0.2, 0) is 52.3 Å². The van der Waals surface area contributed by atoms with E-state index >= 15 is 9.59 Å². The second kappa shape index (κ2) is 16.9. The molecule has 0 bridgehead atoms. The van der Waals surface area contributed by atoms with Gasteiger partial charge in [0, 0.05) is 60.7 Å². The Hall–Kier alpha value is -4.08. The molecule has 0 unspecified atom stereocenters. The maximum atomic E-state index is 15.7. The van der Waals surface area contributed by atoms with E-state index in [1.54, 1.807) is 0 Å². The first-order valence-electron chi connectivity index (χ1n) is 22.4. The zero-order valence-electron chi connectivity index (χ0n) is 40.9. The van der Waals surface area contributed by atoms with Crippen LogP contribution in [0.3, 0.4) is 0 Å².